The molecule has 2 aromatic rings. The SMILES string of the molecule is CN=C(NCc1cccc(-c2ncn[nH]2)c1)N1CCC(N2CCOCC2)C1.I. The molecule has 2 saturated heterocycles. The Balaban J connectivity index is 0.00000225. The smallest absolute Gasteiger partial charge is 0.193 e. The van der Waals surface area contributed by atoms with E-state index in [2.05, 4.69) is 47.4 Å². The first-order valence-electron chi connectivity index (χ1n) is 9.55. The molecule has 0 aliphatic carbocycles. The molecule has 0 radical (unpaired) electrons. The lowest BCUT2D eigenvalue weighted by Gasteiger charge is -2.32. The van der Waals surface area contributed by atoms with Gasteiger partial charge in [0.2, 0.25) is 0 Å². The van der Waals surface area contributed by atoms with Crippen LogP contribution in [0.2, 0.25) is 0 Å². The van der Waals surface area contributed by atoms with Gasteiger partial charge >= 0.3 is 0 Å². The second kappa shape index (κ2) is 10.2. The van der Waals surface area contributed by atoms with E-state index in [0.717, 1.165) is 63.3 Å². The van der Waals surface area contributed by atoms with Gasteiger partial charge in [-0.05, 0) is 18.1 Å². The highest BCUT2D eigenvalue weighted by atomic mass is 127. The number of aliphatic imine (C=N–C) groups is 1. The average molecular weight is 497 g/mol. The molecule has 8 nitrogen and oxygen atoms in total. The predicted octanol–water partition coefficient (Wildman–Crippen LogP) is 1.57. The van der Waals surface area contributed by atoms with Crippen LogP contribution in [0.15, 0.2) is 35.6 Å². The van der Waals surface area contributed by atoms with Gasteiger partial charge in [0.15, 0.2) is 11.8 Å². The number of morpholine rings is 1. The molecule has 1 unspecified atom stereocenters. The van der Waals surface area contributed by atoms with Crippen LogP contribution in [0, 0.1) is 0 Å². The molecular weight excluding hydrogens is 469 g/mol. The average Bonchev–Trinajstić information content (AvgIpc) is 3.42. The number of H-pyrrole nitrogens is 1. The largest absolute Gasteiger partial charge is 0.379 e. The molecule has 1 aromatic carbocycles. The van der Waals surface area contributed by atoms with Crippen molar-refractivity contribution in [3.8, 4) is 11.4 Å². The summed E-state index contributed by atoms with van der Waals surface area (Å²) >= 11 is 0. The topological polar surface area (TPSA) is 81.7 Å². The van der Waals surface area contributed by atoms with Crippen molar-refractivity contribution in [2.24, 2.45) is 4.99 Å². The van der Waals surface area contributed by atoms with Gasteiger partial charge in [-0.25, -0.2) is 4.98 Å². The summed E-state index contributed by atoms with van der Waals surface area (Å²) in [5.41, 5.74) is 2.23. The van der Waals surface area contributed by atoms with Crippen LogP contribution in [0.3, 0.4) is 0 Å². The minimum atomic E-state index is 0. The zero-order chi connectivity index (χ0) is 18.5. The Hall–Kier alpha value is -1.72. The number of hydrogen-bond acceptors (Lipinski definition) is 5. The molecule has 0 saturated carbocycles. The van der Waals surface area contributed by atoms with Gasteiger partial charge in [0.05, 0.1) is 13.2 Å². The summed E-state index contributed by atoms with van der Waals surface area (Å²) in [5.74, 6) is 1.75. The van der Waals surface area contributed by atoms with Crippen LogP contribution < -0.4 is 5.32 Å². The summed E-state index contributed by atoms with van der Waals surface area (Å²) in [5, 5.41) is 10.3. The highest BCUT2D eigenvalue weighted by molar-refractivity contribution is 14.0. The van der Waals surface area contributed by atoms with Crippen molar-refractivity contribution in [2.45, 2.75) is 19.0 Å². The summed E-state index contributed by atoms with van der Waals surface area (Å²) in [7, 11) is 1.86. The summed E-state index contributed by atoms with van der Waals surface area (Å²) in [6.07, 6.45) is 2.71. The number of rotatable bonds is 4. The van der Waals surface area contributed by atoms with E-state index in [0.29, 0.717) is 6.04 Å². The zero-order valence-corrected chi connectivity index (χ0v) is 18.5. The number of aromatic amines is 1. The molecule has 3 heterocycles. The van der Waals surface area contributed by atoms with Crippen LogP contribution in [-0.2, 0) is 11.3 Å². The van der Waals surface area contributed by atoms with Crippen molar-refractivity contribution in [3.63, 3.8) is 0 Å². The van der Waals surface area contributed by atoms with E-state index in [1.807, 2.05) is 19.2 Å². The van der Waals surface area contributed by atoms with Gasteiger partial charge in [-0.15, -0.1) is 24.0 Å². The first-order valence-corrected chi connectivity index (χ1v) is 9.55. The first-order chi connectivity index (χ1) is 13.3. The van der Waals surface area contributed by atoms with Crippen LogP contribution in [-0.4, -0.2) is 83.4 Å². The van der Waals surface area contributed by atoms with Gasteiger partial charge in [0, 0.05) is 51.4 Å². The van der Waals surface area contributed by atoms with E-state index in [1.165, 1.54) is 18.3 Å². The number of nitrogens with zero attached hydrogens (tertiary/aromatic N) is 5. The van der Waals surface area contributed by atoms with Gasteiger partial charge in [-0.2, -0.15) is 5.10 Å². The van der Waals surface area contributed by atoms with E-state index >= 15 is 0 Å². The molecule has 4 rings (SSSR count). The number of likely N-dealkylation sites (tertiary alicyclic amines) is 1. The van der Waals surface area contributed by atoms with Crippen molar-refractivity contribution in [3.05, 3.63) is 36.2 Å². The maximum atomic E-state index is 5.48. The van der Waals surface area contributed by atoms with E-state index in [9.17, 15) is 0 Å². The quantitative estimate of drug-likeness (QED) is 0.380. The Morgan fingerprint density at radius 3 is 2.93 bits per heavy atom. The number of benzene rings is 1. The third kappa shape index (κ3) is 5.00. The van der Waals surface area contributed by atoms with Gasteiger partial charge < -0.3 is 15.0 Å². The third-order valence-electron chi connectivity index (χ3n) is 5.30. The minimum absolute atomic E-state index is 0. The molecule has 2 N–H and O–H groups in total. The van der Waals surface area contributed by atoms with E-state index in [1.54, 1.807) is 0 Å². The molecule has 9 heteroatoms. The fourth-order valence-corrected chi connectivity index (χ4v) is 3.86. The van der Waals surface area contributed by atoms with Crippen molar-refractivity contribution >= 4 is 29.9 Å². The van der Waals surface area contributed by atoms with Gasteiger partial charge in [-0.1, -0.05) is 18.2 Å². The standard InChI is InChI=1S/C19H27N7O.HI/c1-20-19(26-6-5-17(13-26)25-7-9-27-10-8-25)21-12-15-3-2-4-16(11-15)18-22-14-23-24-18;/h2-4,11,14,17H,5-10,12-13H2,1H3,(H,20,21)(H,22,23,24);1H. The van der Waals surface area contributed by atoms with Crippen LogP contribution in [0.5, 0.6) is 0 Å². The molecule has 28 heavy (non-hydrogen) atoms. The molecule has 0 spiro atoms. The van der Waals surface area contributed by atoms with Crippen LogP contribution in [0.25, 0.3) is 11.4 Å². The second-order valence-corrected chi connectivity index (χ2v) is 6.97. The molecule has 1 aromatic heterocycles. The normalized spacial score (nSPS) is 20.8. The number of hydrogen-bond donors (Lipinski definition) is 2. The van der Waals surface area contributed by atoms with Crippen molar-refractivity contribution in [1.29, 1.82) is 0 Å². The maximum absolute atomic E-state index is 5.48. The molecule has 0 bridgehead atoms. The number of guanidine groups is 1. The maximum Gasteiger partial charge on any atom is 0.193 e. The Morgan fingerprint density at radius 1 is 1.32 bits per heavy atom. The predicted molar refractivity (Wildman–Crippen MR) is 120 cm³/mol. The van der Waals surface area contributed by atoms with Crippen molar-refractivity contribution < 1.29 is 4.74 Å². The van der Waals surface area contributed by atoms with Gasteiger partial charge in [-0.3, -0.25) is 15.0 Å². The number of aromatic nitrogens is 3. The summed E-state index contributed by atoms with van der Waals surface area (Å²) in [6, 6.07) is 8.91. The fraction of sp³-hybridized carbons (Fsp3) is 0.526. The highest BCUT2D eigenvalue weighted by Gasteiger charge is 2.30. The molecule has 152 valence electrons. The molecule has 2 fully saturated rings. The lowest BCUT2D eigenvalue weighted by atomic mass is 10.1. The third-order valence-corrected chi connectivity index (χ3v) is 5.30. The number of nitrogens with one attached hydrogen (secondary N) is 2. The Kier molecular flexibility index (Phi) is 7.63. The zero-order valence-electron chi connectivity index (χ0n) is 16.2. The Labute approximate surface area is 182 Å². The Morgan fingerprint density at radius 2 is 2.18 bits per heavy atom. The lowest BCUT2D eigenvalue weighted by molar-refractivity contribution is 0.0195. The summed E-state index contributed by atoms with van der Waals surface area (Å²) < 4.78 is 5.48. The summed E-state index contributed by atoms with van der Waals surface area (Å²) in [6.45, 7) is 6.58. The highest BCUT2D eigenvalue weighted by Crippen LogP contribution is 2.18. The van der Waals surface area contributed by atoms with E-state index < -0.39 is 0 Å². The molecule has 1 atom stereocenters. The second-order valence-electron chi connectivity index (χ2n) is 6.97. The number of ether oxygens (including phenoxy) is 1. The minimum Gasteiger partial charge on any atom is -0.379 e. The molecule has 2 aliphatic heterocycles. The van der Waals surface area contributed by atoms with Gasteiger partial charge in [0.25, 0.3) is 0 Å². The monoisotopic (exact) mass is 497 g/mol. The van der Waals surface area contributed by atoms with Crippen molar-refractivity contribution in [1.82, 2.24) is 30.3 Å². The van der Waals surface area contributed by atoms with Crippen LogP contribution in [0.4, 0.5) is 0 Å². The van der Waals surface area contributed by atoms with E-state index in [4.69, 9.17) is 4.74 Å². The van der Waals surface area contributed by atoms with Crippen molar-refractivity contribution in [2.75, 3.05) is 46.4 Å². The van der Waals surface area contributed by atoms with Crippen LogP contribution >= 0.6 is 24.0 Å². The Bertz CT molecular complexity index is 761. The summed E-state index contributed by atoms with van der Waals surface area (Å²) in [4.78, 5) is 13.6. The number of halogens is 1. The van der Waals surface area contributed by atoms with Gasteiger partial charge in [0.1, 0.15) is 6.33 Å². The van der Waals surface area contributed by atoms with E-state index in [-0.39, 0.29) is 24.0 Å². The van der Waals surface area contributed by atoms with Crippen LogP contribution in [0.1, 0.15) is 12.0 Å². The molecule has 2 aliphatic rings. The molecular formula is C19H28IN7O. The fourth-order valence-electron chi connectivity index (χ4n) is 3.86. The lowest BCUT2D eigenvalue weighted by Crippen LogP contribution is -2.46. The first kappa shape index (κ1) is 21.0. The molecule has 0 amide bonds.